The van der Waals surface area contributed by atoms with Crippen molar-refractivity contribution in [2.45, 2.75) is 33.1 Å². The molecular weight excluding hydrogens is 454 g/mol. The van der Waals surface area contributed by atoms with Crippen molar-refractivity contribution < 1.29 is 66.6 Å². The summed E-state index contributed by atoms with van der Waals surface area (Å²) >= 11 is 0. The van der Waals surface area contributed by atoms with Gasteiger partial charge in [-0.25, -0.2) is 0 Å². The standard InChI is InChI=1S/C8H18O3Si.C5H2F6O2.CH3.Cu/c1-5-9-12(8-4,10-6-2)11-7-3;6-4(7,8)2(12)1-3(13)5(9,10)11;;/h8H,4-7H2,1-3H3;1,12H;1H3;/q;;-1;+1. The SMILES string of the molecule is C=C[Si](OCC)(OCC)OCC.O=C(C=C(O)C(F)(F)F)C(F)(F)F.[CH3-].[Cu+]. The van der Waals surface area contributed by atoms with Crippen LogP contribution in [0.25, 0.3) is 0 Å². The van der Waals surface area contributed by atoms with E-state index in [4.69, 9.17) is 18.4 Å². The Morgan fingerprint density at radius 3 is 1.48 bits per heavy atom. The summed E-state index contributed by atoms with van der Waals surface area (Å²) in [5, 5.41) is 7.93. The van der Waals surface area contributed by atoms with Gasteiger partial charge in [0.1, 0.15) is 0 Å². The Hall–Kier alpha value is -0.854. The van der Waals surface area contributed by atoms with Gasteiger partial charge in [-0.05, 0) is 26.5 Å². The summed E-state index contributed by atoms with van der Waals surface area (Å²) in [5.74, 6) is -5.34. The molecule has 0 bridgehead atoms. The number of rotatable bonds is 8. The topological polar surface area (TPSA) is 65.0 Å². The molecule has 0 heterocycles. The first-order valence-electron chi connectivity index (χ1n) is 6.94. The van der Waals surface area contributed by atoms with Crippen LogP contribution in [-0.4, -0.2) is 51.9 Å². The van der Waals surface area contributed by atoms with Gasteiger partial charge in [0.2, 0.25) is 5.76 Å². The van der Waals surface area contributed by atoms with Crippen LogP contribution in [0.1, 0.15) is 20.8 Å². The van der Waals surface area contributed by atoms with E-state index in [-0.39, 0.29) is 24.5 Å². The molecule has 0 aliphatic carbocycles. The molecule has 0 aliphatic heterocycles. The zero-order valence-electron chi connectivity index (χ0n) is 15.1. The van der Waals surface area contributed by atoms with Gasteiger partial charge in [0.15, 0.2) is 0 Å². The second-order valence-corrected chi connectivity index (χ2v) is 6.48. The second kappa shape index (κ2) is 15.1. The van der Waals surface area contributed by atoms with Crippen molar-refractivity contribution in [1.82, 2.24) is 0 Å². The average Bonchev–Trinajstić information content (AvgIpc) is 2.46. The molecule has 27 heavy (non-hydrogen) atoms. The monoisotopic (exact) mass is 476 g/mol. The molecule has 1 N–H and O–H groups in total. The number of hydrogen-bond donors (Lipinski definition) is 1. The van der Waals surface area contributed by atoms with E-state index < -0.39 is 38.8 Å². The van der Waals surface area contributed by atoms with Gasteiger partial charge in [-0.3, -0.25) is 4.79 Å². The number of aliphatic hydroxyl groups excluding tert-OH is 1. The molecule has 0 saturated carbocycles. The summed E-state index contributed by atoms with van der Waals surface area (Å²) in [6.07, 6.45) is -11.7. The molecule has 0 unspecified atom stereocenters. The predicted octanol–water partition coefficient (Wildman–Crippen LogP) is 4.33. The molecule has 0 aliphatic rings. The number of alkyl halides is 6. The van der Waals surface area contributed by atoms with Gasteiger partial charge in [0.05, 0.1) is 0 Å². The summed E-state index contributed by atoms with van der Waals surface area (Å²) < 4.78 is 84.4. The number of carbonyl (C=O) groups is 1. The van der Waals surface area contributed by atoms with Crippen LogP contribution in [0.15, 0.2) is 24.1 Å². The summed E-state index contributed by atoms with van der Waals surface area (Å²) in [7, 11) is -2.51. The van der Waals surface area contributed by atoms with Crippen LogP contribution >= 0.6 is 0 Å². The Kier molecular flexibility index (Phi) is 18.9. The molecule has 0 aromatic rings. The van der Waals surface area contributed by atoms with Crippen LogP contribution < -0.4 is 0 Å². The minimum Gasteiger partial charge on any atom is -0.504 e. The van der Waals surface area contributed by atoms with Gasteiger partial charge in [-0.2, -0.15) is 26.3 Å². The number of halogens is 6. The van der Waals surface area contributed by atoms with E-state index >= 15 is 0 Å². The predicted molar refractivity (Wildman–Crippen MR) is 85.1 cm³/mol. The molecule has 0 aromatic carbocycles. The van der Waals surface area contributed by atoms with Gasteiger partial charge in [-0.1, -0.05) is 6.58 Å². The molecule has 0 amide bonds. The Morgan fingerprint density at radius 1 is 0.963 bits per heavy atom. The van der Waals surface area contributed by atoms with E-state index in [1.54, 1.807) is 5.70 Å². The third-order valence-electron chi connectivity index (χ3n) is 2.12. The van der Waals surface area contributed by atoms with Crippen LogP contribution in [0, 0.1) is 7.43 Å². The first-order valence-corrected chi connectivity index (χ1v) is 8.74. The first kappa shape index (κ1) is 33.7. The minimum atomic E-state index is -5.42. The number of allylic oxidation sites excluding steroid dienone is 2. The molecule has 0 aromatic heterocycles. The number of aliphatic hydroxyl groups is 1. The van der Waals surface area contributed by atoms with E-state index in [0.717, 1.165) is 0 Å². The van der Waals surface area contributed by atoms with Crippen LogP contribution in [-0.2, 0) is 35.1 Å². The molecule has 13 heteroatoms. The Bertz CT molecular complexity index is 437. The Labute approximate surface area is 166 Å². The van der Waals surface area contributed by atoms with Gasteiger partial charge < -0.3 is 25.8 Å². The molecular formula is C14H23CuF6O5Si. The molecule has 0 atom stereocenters. The van der Waals surface area contributed by atoms with Gasteiger partial charge in [-0.15, -0.1) is 0 Å². The van der Waals surface area contributed by atoms with Crippen molar-refractivity contribution in [1.29, 1.82) is 0 Å². The minimum absolute atomic E-state index is 0. The summed E-state index contributed by atoms with van der Waals surface area (Å²) in [4.78, 5) is 9.86. The van der Waals surface area contributed by atoms with Crippen molar-refractivity contribution in [2.24, 2.45) is 0 Å². The molecule has 0 radical (unpaired) electrons. The van der Waals surface area contributed by atoms with Gasteiger partial charge in [0, 0.05) is 25.9 Å². The molecule has 0 fully saturated rings. The molecule has 0 spiro atoms. The fourth-order valence-corrected chi connectivity index (χ4v) is 3.00. The van der Waals surface area contributed by atoms with E-state index in [0.29, 0.717) is 19.8 Å². The van der Waals surface area contributed by atoms with Crippen LogP contribution in [0.5, 0.6) is 0 Å². The fraction of sp³-hybridized carbons (Fsp3) is 0.571. The Balaban J connectivity index is -0.000000183. The van der Waals surface area contributed by atoms with E-state index in [1.165, 1.54) is 0 Å². The Morgan fingerprint density at radius 2 is 1.30 bits per heavy atom. The zero-order valence-corrected chi connectivity index (χ0v) is 17.1. The summed E-state index contributed by atoms with van der Waals surface area (Å²) in [6, 6.07) is 0. The summed E-state index contributed by atoms with van der Waals surface area (Å²) in [6.45, 7) is 11.2. The zero-order chi connectivity index (χ0) is 20.3. The van der Waals surface area contributed by atoms with Crippen molar-refractivity contribution in [2.75, 3.05) is 19.8 Å². The molecule has 5 nitrogen and oxygen atoms in total. The maximum absolute atomic E-state index is 11.4. The first-order chi connectivity index (χ1) is 11.3. The number of hydrogen-bond acceptors (Lipinski definition) is 5. The van der Waals surface area contributed by atoms with Crippen molar-refractivity contribution in [3.8, 4) is 0 Å². The normalized spacial score (nSPS) is 12.1. The van der Waals surface area contributed by atoms with Crippen molar-refractivity contribution >= 4 is 14.6 Å². The van der Waals surface area contributed by atoms with E-state index in [1.807, 2.05) is 20.8 Å². The third kappa shape index (κ3) is 14.8. The summed E-state index contributed by atoms with van der Waals surface area (Å²) in [5.41, 5.74) is 1.67. The smallest absolute Gasteiger partial charge is 0.504 e. The van der Waals surface area contributed by atoms with Crippen molar-refractivity contribution in [3.63, 3.8) is 0 Å². The molecule has 166 valence electrons. The second-order valence-electron chi connectivity index (χ2n) is 4.00. The van der Waals surface area contributed by atoms with Gasteiger partial charge in [0.25, 0.3) is 5.78 Å². The maximum atomic E-state index is 11.4. The third-order valence-corrected chi connectivity index (χ3v) is 4.70. The van der Waals surface area contributed by atoms with Crippen molar-refractivity contribution in [3.05, 3.63) is 31.5 Å². The van der Waals surface area contributed by atoms with E-state index in [2.05, 4.69) is 6.58 Å². The van der Waals surface area contributed by atoms with Crippen LogP contribution in [0.3, 0.4) is 0 Å². The number of ketones is 1. The number of carbonyl (C=O) groups excluding carboxylic acids is 1. The fourth-order valence-electron chi connectivity index (χ4n) is 1.19. The van der Waals surface area contributed by atoms with Crippen LogP contribution in [0.2, 0.25) is 0 Å². The van der Waals surface area contributed by atoms with E-state index in [9.17, 15) is 31.1 Å². The molecule has 0 saturated heterocycles. The average molecular weight is 477 g/mol. The molecule has 0 rings (SSSR count). The quantitative estimate of drug-likeness (QED) is 0.186. The maximum Gasteiger partial charge on any atom is 1.00 e. The van der Waals surface area contributed by atoms with Gasteiger partial charge >= 0.3 is 38.2 Å². The van der Waals surface area contributed by atoms with Crippen LogP contribution in [0.4, 0.5) is 26.3 Å². The largest absolute Gasteiger partial charge is 1.00 e.